The van der Waals surface area contributed by atoms with E-state index in [9.17, 15) is 4.79 Å². The third kappa shape index (κ3) is 4.69. The number of carbonyl (C=O) groups excluding carboxylic acids is 1. The average molecular weight is 331 g/mol. The second-order valence-electron chi connectivity index (χ2n) is 5.75. The van der Waals surface area contributed by atoms with E-state index in [0.717, 1.165) is 56.4 Å². The first-order chi connectivity index (χ1) is 10.0. The van der Waals surface area contributed by atoms with Gasteiger partial charge in [-0.25, -0.2) is 4.98 Å². The Hall–Kier alpha value is -1.11. The lowest BCUT2D eigenvalue weighted by Gasteiger charge is -2.35. The average Bonchev–Trinajstić information content (AvgIpc) is 2.77. The number of hydrogen-bond donors (Lipinski definition) is 1. The van der Waals surface area contributed by atoms with Gasteiger partial charge in [0.15, 0.2) is 0 Å². The molecule has 0 bridgehead atoms. The Kier molecular flexibility index (Phi) is 7.32. The lowest BCUT2D eigenvalue weighted by Crippen LogP contribution is -2.52. The smallest absolute Gasteiger partial charge is 0.239 e. The number of nitrogens with zero attached hydrogens (tertiary/aromatic N) is 3. The Morgan fingerprint density at radius 3 is 2.45 bits per heavy atom. The van der Waals surface area contributed by atoms with Crippen molar-refractivity contribution < 1.29 is 9.21 Å². The van der Waals surface area contributed by atoms with E-state index < -0.39 is 0 Å². The molecule has 1 aliphatic rings. The lowest BCUT2D eigenvalue weighted by atomic mass is 10.1. The van der Waals surface area contributed by atoms with E-state index in [1.165, 1.54) is 0 Å². The van der Waals surface area contributed by atoms with E-state index in [-0.39, 0.29) is 24.4 Å². The Morgan fingerprint density at radius 1 is 1.32 bits per heavy atom. The van der Waals surface area contributed by atoms with Crippen molar-refractivity contribution in [1.82, 2.24) is 14.8 Å². The van der Waals surface area contributed by atoms with Crippen molar-refractivity contribution in [2.24, 2.45) is 5.73 Å². The second-order valence-corrected chi connectivity index (χ2v) is 5.75. The van der Waals surface area contributed by atoms with Gasteiger partial charge in [-0.2, -0.15) is 0 Å². The van der Waals surface area contributed by atoms with E-state index in [1.807, 2.05) is 25.7 Å². The number of amides is 1. The molecule has 1 amide bonds. The first-order valence-corrected chi connectivity index (χ1v) is 7.71. The number of aromatic nitrogens is 1. The Morgan fingerprint density at radius 2 is 1.95 bits per heavy atom. The fourth-order valence-electron chi connectivity index (χ4n) is 2.59. The number of oxazole rings is 1. The summed E-state index contributed by atoms with van der Waals surface area (Å²) in [5.41, 5.74) is 6.85. The maximum Gasteiger partial charge on any atom is 0.239 e. The van der Waals surface area contributed by atoms with E-state index in [4.69, 9.17) is 10.2 Å². The zero-order chi connectivity index (χ0) is 15.4. The van der Waals surface area contributed by atoms with Gasteiger partial charge in [0, 0.05) is 26.2 Å². The van der Waals surface area contributed by atoms with Crippen LogP contribution in [0.5, 0.6) is 0 Å². The summed E-state index contributed by atoms with van der Waals surface area (Å²) in [6.07, 6.45) is 1.70. The van der Waals surface area contributed by atoms with Crippen molar-refractivity contribution in [3.05, 3.63) is 17.3 Å². The molecule has 0 aromatic carbocycles. The summed E-state index contributed by atoms with van der Waals surface area (Å²) >= 11 is 0. The molecule has 2 rings (SSSR count). The molecule has 1 aromatic heterocycles. The number of halogens is 1. The molecule has 1 aromatic rings. The first-order valence-electron chi connectivity index (χ1n) is 7.71. The molecule has 2 N–H and O–H groups in total. The molecule has 0 radical (unpaired) electrons. The normalized spacial score (nSPS) is 17.2. The van der Waals surface area contributed by atoms with E-state index in [0.29, 0.717) is 6.54 Å². The van der Waals surface area contributed by atoms with Crippen LogP contribution < -0.4 is 5.73 Å². The topological polar surface area (TPSA) is 75.6 Å². The molecule has 22 heavy (non-hydrogen) atoms. The quantitative estimate of drug-likeness (QED) is 0.885. The SMILES string of the molecule is CCCC(N)C(=O)N1CCN(Cc2nc(C)c(C)o2)CC1.Cl. The summed E-state index contributed by atoms with van der Waals surface area (Å²) < 4.78 is 5.61. The molecule has 1 atom stereocenters. The maximum absolute atomic E-state index is 12.2. The molecule has 1 fully saturated rings. The fourth-order valence-corrected chi connectivity index (χ4v) is 2.59. The minimum atomic E-state index is -0.349. The van der Waals surface area contributed by atoms with E-state index in [2.05, 4.69) is 9.88 Å². The standard InChI is InChI=1S/C15H26N4O2.ClH/c1-4-5-13(16)15(20)19-8-6-18(7-9-19)10-14-17-11(2)12(3)21-14;/h13H,4-10,16H2,1-3H3;1H. The van der Waals surface area contributed by atoms with Crippen LogP contribution in [0.2, 0.25) is 0 Å². The van der Waals surface area contributed by atoms with Crippen LogP contribution in [0.4, 0.5) is 0 Å². The van der Waals surface area contributed by atoms with Gasteiger partial charge in [0.1, 0.15) is 5.76 Å². The maximum atomic E-state index is 12.2. The van der Waals surface area contributed by atoms with Crippen LogP contribution in [-0.2, 0) is 11.3 Å². The summed E-state index contributed by atoms with van der Waals surface area (Å²) in [4.78, 5) is 20.7. The highest BCUT2D eigenvalue weighted by molar-refractivity contribution is 5.85. The van der Waals surface area contributed by atoms with Crippen molar-refractivity contribution in [3.8, 4) is 0 Å². The predicted octanol–water partition coefficient (Wildman–Crippen LogP) is 1.48. The molecule has 2 heterocycles. The van der Waals surface area contributed by atoms with Gasteiger partial charge in [-0.05, 0) is 20.3 Å². The van der Waals surface area contributed by atoms with Gasteiger partial charge in [-0.3, -0.25) is 9.69 Å². The highest BCUT2D eigenvalue weighted by Gasteiger charge is 2.25. The highest BCUT2D eigenvalue weighted by atomic mass is 35.5. The van der Waals surface area contributed by atoms with Crippen LogP contribution in [0, 0.1) is 13.8 Å². The summed E-state index contributed by atoms with van der Waals surface area (Å²) in [7, 11) is 0. The van der Waals surface area contributed by atoms with Crippen LogP contribution in [0.15, 0.2) is 4.42 Å². The number of rotatable bonds is 5. The molecule has 0 spiro atoms. The monoisotopic (exact) mass is 330 g/mol. The Bertz CT molecular complexity index is 464. The van der Waals surface area contributed by atoms with Crippen molar-refractivity contribution in [3.63, 3.8) is 0 Å². The van der Waals surface area contributed by atoms with Gasteiger partial charge in [-0.1, -0.05) is 13.3 Å². The number of piperazine rings is 1. The summed E-state index contributed by atoms with van der Waals surface area (Å²) in [5.74, 6) is 1.72. The zero-order valence-corrected chi connectivity index (χ0v) is 14.5. The fraction of sp³-hybridized carbons (Fsp3) is 0.733. The summed E-state index contributed by atoms with van der Waals surface area (Å²) in [6, 6.07) is -0.349. The van der Waals surface area contributed by atoms with Crippen molar-refractivity contribution in [1.29, 1.82) is 0 Å². The molecular formula is C15H27ClN4O2. The third-order valence-corrected chi connectivity index (χ3v) is 4.03. The van der Waals surface area contributed by atoms with Crippen molar-refractivity contribution in [2.75, 3.05) is 26.2 Å². The second kappa shape index (κ2) is 8.50. The minimum absolute atomic E-state index is 0. The van der Waals surface area contributed by atoms with Gasteiger partial charge < -0.3 is 15.1 Å². The van der Waals surface area contributed by atoms with E-state index in [1.54, 1.807) is 0 Å². The van der Waals surface area contributed by atoms with Gasteiger partial charge in [0.05, 0.1) is 18.3 Å². The number of carbonyl (C=O) groups is 1. The van der Waals surface area contributed by atoms with E-state index >= 15 is 0 Å². The van der Waals surface area contributed by atoms with Gasteiger partial charge >= 0.3 is 0 Å². The van der Waals surface area contributed by atoms with Crippen LogP contribution in [0.25, 0.3) is 0 Å². The number of nitrogens with two attached hydrogens (primary N) is 1. The molecule has 0 aliphatic carbocycles. The molecule has 1 aliphatic heterocycles. The molecule has 0 saturated carbocycles. The molecule has 6 nitrogen and oxygen atoms in total. The highest BCUT2D eigenvalue weighted by Crippen LogP contribution is 2.13. The summed E-state index contributed by atoms with van der Waals surface area (Å²) in [6.45, 7) is 9.77. The Balaban J connectivity index is 0.00000242. The van der Waals surface area contributed by atoms with Gasteiger partial charge in [0.2, 0.25) is 11.8 Å². The minimum Gasteiger partial charge on any atom is -0.444 e. The third-order valence-electron chi connectivity index (χ3n) is 4.03. The van der Waals surface area contributed by atoms with Gasteiger partial charge in [-0.15, -0.1) is 12.4 Å². The van der Waals surface area contributed by atoms with Crippen LogP contribution >= 0.6 is 12.4 Å². The largest absolute Gasteiger partial charge is 0.444 e. The van der Waals surface area contributed by atoms with Crippen LogP contribution in [0.3, 0.4) is 0 Å². The molecular weight excluding hydrogens is 304 g/mol. The zero-order valence-electron chi connectivity index (χ0n) is 13.7. The van der Waals surface area contributed by atoms with Gasteiger partial charge in [0.25, 0.3) is 0 Å². The first kappa shape index (κ1) is 18.9. The molecule has 7 heteroatoms. The number of hydrogen-bond acceptors (Lipinski definition) is 5. The van der Waals surface area contributed by atoms with Crippen LogP contribution in [-0.4, -0.2) is 52.9 Å². The predicted molar refractivity (Wildman–Crippen MR) is 88.0 cm³/mol. The molecule has 1 saturated heterocycles. The van der Waals surface area contributed by atoms with Crippen molar-refractivity contribution >= 4 is 18.3 Å². The molecule has 1 unspecified atom stereocenters. The Labute approximate surface area is 138 Å². The van der Waals surface area contributed by atoms with Crippen LogP contribution in [0.1, 0.15) is 37.1 Å². The number of aryl methyl sites for hydroxylation is 2. The van der Waals surface area contributed by atoms with Crippen molar-refractivity contribution in [2.45, 2.75) is 46.2 Å². The summed E-state index contributed by atoms with van der Waals surface area (Å²) in [5, 5.41) is 0. The molecule has 126 valence electrons. The lowest BCUT2D eigenvalue weighted by molar-refractivity contribution is -0.134.